The lowest BCUT2D eigenvalue weighted by molar-refractivity contribution is 0.0792. The molecular formula is C16H19Cl2N5O. The van der Waals surface area contributed by atoms with Crippen molar-refractivity contribution in [2.45, 2.75) is 25.0 Å². The van der Waals surface area contributed by atoms with Crippen LogP contribution in [0.5, 0.6) is 0 Å². The molecule has 0 aliphatic carbocycles. The van der Waals surface area contributed by atoms with Crippen LogP contribution in [0.3, 0.4) is 0 Å². The highest BCUT2D eigenvalue weighted by Crippen LogP contribution is 2.35. The Labute approximate surface area is 150 Å². The van der Waals surface area contributed by atoms with E-state index in [2.05, 4.69) is 9.97 Å². The van der Waals surface area contributed by atoms with Crippen LogP contribution < -0.4 is 16.4 Å². The summed E-state index contributed by atoms with van der Waals surface area (Å²) >= 11 is 12.3. The van der Waals surface area contributed by atoms with Gasteiger partial charge in [0.2, 0.25) is 0 Å². The summed E-state index contributed by atoms with van der Waals surface area (Å²) in [5.74, 6) is 0.858. The first kappa shape index (κ1) is 17.2. The molecule has 24 heavy (non-hydrogen) atoms. The fraction of sp³-hybridized carbons (Fsp3) is 0.375. The Morgan fingerprint density at radius 2 is 2.12 bits per heavy atom. The summed E-state index contributed by atoms with van der Waals surface area (Å²) in [5.41, 5.74) is 12.7. The zero-order valence-electron chi connectivity index (χ0n) is 13.2. The molecule has 8 heteroatoms. The lowest BCUT2D eigenvalue weighted by atomic mass is 9.88. The number of benzene rings is 1. The molecule has 1 aliphatic rings. The van der Waals surface area contributed by atoms with Gasteiger partial charge in [-0.2, -0.15) is 0 Å². The number of hydrogen-bond donors (Lipinski definition) is 3. The largest absolute Gasteiger partial charge is 0.389 e. The molecule has 1 saturated heterocycles. The van der Waals surface area contributed by atoms with Crippen molar-refractivity contribution >= 4 is 34.8 Å². The van der Waals surface area contributed by atoms with Gasteiger partial charge in [0.25, 0.3) is 0 Å². The number of aliphatic hydroxyl groups is 1. The second kappa shape index (κ2) is 6.37. The van der Waals surface area contributed by atoms with Crippen molar-refractivity contribution in [1.82, 2.24) is 9.97 Å². The summed E-state index contributed by atoms with van der Waals surface area (Å²) in [6.45, 7) is 2.91. The number of aromatic nitrogens is 2. The van der Waals surface area contributed by atoms with Crippen LogP contribution in [0.15, 0.2) is 24.4 Å². The normalized spacial score (nSPS) is 24.2. The molecule has 1 aliphatic heterocycles. The molecule has 5 N–H and O–H groups in total. The highest BCUT2D eigenvalue weighted by atomic mass is 35.5. The third-order valence-electron chi connectivity index (χ3n) is 4.39. The van der Waals surface area contributed by atoms with E-state index >= 15 is 0 Å². The van der Waals surface area contributed by atoms with Crippen LogP contribution in [0.1, 0.15) is 13.3 Å². The minimum Gasteiger partial charge on any atom is -0.389 e. The van der Waals surface area contributed by atoms with Gasteiger partial charge in [0.15, 0.2) is 5.82 Å². The van der Waals surface area contributed by atoms with E-state index in [9.17, 15) is 5.11 Å². The number of aliphatic hydroxyl groups excluding tert-OH is 1. The van der Waals surface area contributed by atoms with Gasteiger partial charge in [0.05, 0.1) is 22.3 Å². The van der Waals surface area contributed by atoms with Gasteiger partial charge in [0, 0.05) is 24.2 Å². The number of hydrogen-bond acceptors (Lipinski definition) is 6. The molecule has 0 spiro atoms. The predicted molar refractivity (Wildman–Crippen MR) is 97.3 cm³/mol. The third kappa shape index (κ3) is 3.15. The fourth-order valence-corrected chi connectivity index (χ4v) is 3.09. The number of anilines is 2. The SMILES string of the molecule is C[C@@]1(N)CCN(c2cnc(-c3cccc(Cl)c3Cl)c(N)n2)CC1O. The molecular weight excluding hydrogens is 349 g/mol. The summed E-state index contributed by atoms with van der Waals surface area (Å²) in [4.78, 5) is 10.7. The average molecular weight is 368 g/mol. The van der Waals surface area contributed by atoms with Gasteiger partial charge in [-0.05, 0) is 19.4 Å². The summed E-state index contributed by atoms with van der Waals surface area (Å²) in [6.07, 6.45) is 1.63. The van der Waals surface area contributed by atoms with E-state index < -0.39 is 11.6 Å². The van der Waals surface area contributed by atoms with E-state index in [1.807, 2.05) is 11.8 Å². The Morgan fingerprint density at radius 3 is 2.79 bits per heavy atom. The number of nitrogen functional groups attached to an aromatic ring is 1. The second-order valence-corrected chi connectivity index (χ2v) is 7.07. The van der Waals surface area contributed by atoms with Crippen molar-refractivity contribution in [3.63, 3.8) is 0 Å². The quantitative estimate of drug-likeness (QED) is 0.752. The molecule has 2 heterocycles. The van der Waals surface area contributed by atoms with Crippen LogP contribution in [-0.4, -0.2) is 39.8 Å². The molecule has 128 valence electrons. The van der Waals surface area contributed by atoms with Gasteiger partial charge < -0.3 is 21.5 Å². The maximum absolute atomic E-state index is 10.2. The molecule has 2 atom stereocenters. The van der Waals surface area contributed by atoms with E-state index in [4.69, 9.17) is 34.7 Å². The number of piperidine rings is 1. The van der Waals surface area contributed by atoms with Gasteiger partial charge in [-0.3, -0.25) is 0 Å². The molecule has 0 saturated carbocycles. The Morgan fingerprint density at radius 1 is 1.38 bits per heavy atom. The van der Waals surface area contributed by atoms with Crippen molar-refractivity contribution in [2.75, 3.05) is 23.7 Å². The fourth-order valence-electron chi connectivity index (χ4n) is 2.70. The minimum atomic E-state index is -0.642. The number of halogens is 2. The molecule has 0 bridgehead atoms. The molecule has 2 aromatic rings. The Kier molecular flexibility index (Phi) is 4.57. The van der Waals surface area contributed by atoms with Crippen LogP contribution in [0.25, 0.3) is 11.3 Å². The zero-order valence-corrected chi connectivity index (χ0v) is 14.7. The Balaban J connectivity index is 1.90. The number of nitrogens with zero attached hydrogens (tertiary/aromatic N) is 3. The molecule has 6 nitrogen and oxygen atoms in total. The van der Waals surface area contributed by atoms with Crippen LogP contribution in [-0.2, 0) is 0 Å². The van der Waals surface area contributed by atoms with Crippen LogP contribution >= 0.6 is 23.2 Å². The van der Waals surface area contributed by atoms with Crippen molar-refractivity contribution in [3.05, 3.63) is 34.4 Å². The molecule has 1 unspecified atom stereocenters. The molecule has 1 aromatic carbocycles. The topological polar surface area (TPSA) is 101 Å². The molecule has 0 radical (unpaired) electrons. The standard InChI is InChI=1S/C16H19Cl2N5O/c1-16(20)5-6-23(8-11(16)24)12-7-21-14(15(19)22-12)9-3-2-4-10(17)13(9)18/h2-4,7,11,24H,5-6,8,20H2,1H3,(H2,19,22)/t11?,16-/m1/s1. The summed E-state index contributed by atoms with van der Waals surface area (Å²) in [6, 6.07) is 5.27. The third-order valence-corrected chi connectivity index (χ3v) is 5.21. The lowest BCUT2D eigenvalue weighted by Crippen LogP contribution is -2.59. The number of nitrogens with two attached hydrogens (primary N) is 2. The highest BCUT2D eigenvalue weighted by molar-refractivity contribution is 6.43. The Bertz CT molecular complexity index is 768. The van der Waals surface area contributed by atoms with Crippen molar-refractivity contribution in [3.8, 4) is 11.3 Å². The highest BCUT2D eigenvalue weighted by Gasteiger charge is 2.35. The van der Waals surface area contributed by atoms with Crippen LogP contribution in [0, 0.1) is 0 Å². The first-order chi connectivity index (χ1) is 11.3. The van der Waals surface area contributed by atoms with Gasteiger partial charge in [0.1, 0.15) is 11.5 Å². The predicted octanol–water partition coefficient (Wildman–Crippen LogP) is 2.32. The van der Waals surface area contributed by atoms with E-state index in [-0.39, 0.29) is 5.82 Å². The minimum absolute atomic E-state index is 0.257. The maximum atomic E-state index is 10.2. The van der Waals surface area contributed by atoms with E-state index in [1.165, 1.54) is 0 Å². The van der Waals surface area contributed by atoms with Gasteiger partial charge in [-0.1, -0.05) is 35.3 Å². The van der Waals surface area contributed by atoms with E-state index in [0.29, 0.717) is 46.6 Å². The van der Waals surface area contributed by atoms with Crippen LogP contribution in [0.2, 0.25) is 10.0 Å². The molecule has 1 fully saturated rings. The van der Waals surface area contributed by atoms with E-state index in [1.54, 1.807) is 24.4 Å². The maximum Gasteiger partial charge on any atom is 0.152 e. The first-order valence-electron chi connectivity index (χ1n) is 7.58. The van der Waals surface area contributed by atoms with Crippen molar-refractivity contribution in [2.24, 2.45) is 5.73 Å². The summed E-state index contributed by atoms with van der Waals surface area (Å²) in [5, 5.41) is 11.0. The second-order valence-electron chi connectivity index (χ2n) is 6.28. The smallest absolute Gasteiger partial charge is 0.152 e. The van der Waals surface area contributed by atoms with Crippen molar-refractivity contribution < 1.29 is 5.11 Å². The molecule has 3 rings (SSSR count). The Hall–Kier alpha value is -1.60. The van der Waals surface area contributed by atoms with Gasteiger partial charge in [-0.25, -0.2) is 9.97 Å². The summed E-state index contributed by atoms with van der Waals surface area (Å²) < 4.78 is 0. The van der Waals surface area contributed by atoms with Gasteiger partial charge >= 0.3 is 0 Å². The van der Waals surface area contributed by atoms with Gasteiger partial charge in [-0.15, -0.1) is 0 Å². The van der Waals surface area contributed by atoms with E-state index in [0.717, 1.165) is 0 Å². The first-order valence-corrected chi connectivity index (χ1v) is 8.34. The zero-order chi connectivity index (χ0) is 17.5. The average Bonchev–Trinajstić information content (AvgIpc) is 2.53. The van der Waals surface area contributed by atoms with Crippen molar-refractivity contribution in [1.29, 1.82) is 0 Å². The molecule has 0 amide bonds. The lowest BCUT2D eigenvalue weighted by Gasteiger charge is -2.41. The van der Waals surface area contributed by atoms with Crippen LogP contribution in [0.4, 0.5) is 11.6 Å². The summed E-state index contributed by atoms with van der Waals surface area (Å²) in [7, 11) is 0. The number of β-amino-alcohol motifs (C(OH)–C–C–N with tert-alkyl or cyclic N) is 1. The molecule has 1 aromatic heterocycles. The number of rotatable bonds is 2. The monoisotopic (exact) mass is 367 g/mol.